The van der Waals surface area contributed by atoms with Gasteiger partial charge < -0.3 is 0 Å². The van der Waals surface area contributed by atoms with Crippen LogP contribution in [0.15, 0.2) is 23.1 Å². The van der Waals surface area contributed by atoms with Crippen molar-refractivity contribution in [3.8, 4) is 0 Å². The Bertz CT molecular complexity index is 382. The molecule has 66 valence electrons. The molecule has 0 fully saturated rings. The van der Waals surface area contributed by atoms with E-state index in [9.17, 15) is 4.21 Å². The molecule has 1 heterocycles. The van der Waals surface area contributed by atoms with E-state index in [1.807, 2.05) is 12.1 Å². The molecule has 0 unspecified atom stereocenters. The second kappa shape index (κ2) is 2.82. The predicted molar refractivity (Wildman–Crippen MR) is 53.7 cm³/mol. The van der Waals surface area contributed by atoms with Gasteiger partial charge in [-0.2, -0.15) is 0 Å². The van der Waals surface area contributed by atoms with E-state index in [0.29, 0.717) is 5.02 Å². The molecule has 0 aliphatic carbocycles. The average molecular weight is 269 g/mol. The number of benzene rings is 1. The van der Waals surface area contributed by atoms with Crippen molar-refractivity contribution in [1.82, 2.24) is 3.74 Å². The number of hydrogen-bond acceptors (Lipinski definition) is 1. The summed E-state index contributed by atoms with van der Waals surface area (Å²) in [6.07, 6.45) is 1.73. The Labute approximate surface area is 83.6 Å². The van der Waals surface area contributed by atoms with Gasteiger partial charge in [0.05, 0.1) is 0 Å². The molecule has 1 aliphatic heterocycles. The molecule has 1 aliphatic rings. The normalized spacial score (nSPS) is 21.8. The summed E-state index contributed by atoms with van der Waals surface area (Å²) in [6, 6.07) is 5.67. The summed E-state index contributed by atoms with van der Waals surface area (Å²) >= 11 is 6.08. The molecule has 1 N–H and O–H groups in total. The fourth-order valence-corrected chi connectivity index (χ4v) is 7.67. The third-order valence-electron chi connectivity index (χ3n) is 1.71. The van der Waals surface area contributed by atoms with Crippen molar-refractivity contribution in [3.05, 3.63) is 23.2 Å². The molecule has 0 radical (unpaired) electrons. The van der Waals surface area contributed by atoms with E-state index in [0.717, 1.165) is 9.36 Å². The second-order valence-electron chi connectivity index (χ2n) is 2.70. The van der Waals surface area contributed by atoms with Crippen molar-refractivity contribution < 1.29 is 4.21 Å². The molecule has 2 rings (SSSR count). The molecule has 0 saturated heterocycles. The Morgan fingerprint density at radius 3 is 3.00 bits per heavy atom. The van der Waals surface area contributed by atoms with E-state index >= 15 is 0 Å². The molecule has 0 spiro atoms. The first-order valence-electron chi connectivity index (χ1n) is 3.42. The minimum atomic E-state index is -2.32. The number of halogens is 1. The Hall–Kier alpha value is 0.139. The molecule has 0 amide bonds. The first-order chi connectivity index (χ1) is 5.61. The number of rotatable bonds is 0. The Morgan fingerprint density at radius 2 is 2.33 bits per heavy atom. The van der Waals surface area contributed by atoms with E-state index in [1.165, 1.54) is 0 Å². The van der Waals surface area contributed by atoms with Crippen LogP contribution in [0, 0.1) is 0 Å². The molecule has 0 atom stereocenters. The average Bonchev–Trinajstić information content (AvgIpc) is 2.29. The minimum absolute atomic E-state index is 0.129. The van der Waals surface area contributed by atoms with Crippen molar-refractivity contribution in [3.63, 3.8) is 0 Å². The molecule has 1 aromatic rings. The van der Waals surface area contributed by atoms with Crippen LogP contribution in [0.1, 0.15) is 0 Å². The van der Waals surface area contributed by atoms with E-state index in [2.05, 4.69) is 3.74 Å². The summed E-state index contributed by atoms with van der Waals surface area (Å²) in [5.74, 6) is 0. The summed E-state index contributed by atoms with van der Waals surface area (Å²) in [7, 11) is -2.32. The van der Waals surface area contributed by atoms with Gasteiger partial charge in [-0.25, -0.2) is 0 Å². The molecular weight excluding hydrogens is 261 g/mol. The van der Waals surface area contributed by atoms with Gasteiger partial charge in [-0.3, -0.25) is 0 Å². The van der Waals surface area contributed by atoms with Crippen molar-refractivity contribution in [1.29, 1.82) is 0 Å². The number of thiol groups is 1. The topological polar surface area (TPSA) is 29.1 Å². The Morgan fingerprint density at radius 1 is 1.58 bits per heavy atom. The summed E-state index contributed by atoms with van der Waals surface area (Å²) in [4.78, 5) is 0.840. The maximum atomic E-state index is 11.9. The molecule has 1 aromatic carbocycles. The molecule has 5 heteroatoms. The van der Waals surface area contributed by atoms with Gasteiger partial charge in [0.25, 0.3) is 0 Å². The summed E-state index contributed by atoms with van der Waals surface area (Å²) < 4.78 is 16.0. The molecule has 0 saturated carbocycles. The van der Waals surface area contributed by atoms with E-state index in [-0.39, 0.29) is 15.2 Å². The van der Waals surface area contributed by atoms with Crippen molar-refractivity contribution in [2.75, 3.05) is 6.26 Å². The summed E-state index contributed by atoms with van der Waals surface area (Å²) in [5.41, 5.74) is 0. The van der Waals surface area contributed by atoms with Gasteiger partial charge in [-0.05, 0) is 0 Å². The zero-order valence-corrected chi connectivity index (χ0v) is 9.74. The van der Waals surface area contributed by atoms with Crippen molar-refractivity contribution in [2.45, 2.75) is 4.90 Å². The summed E-state index contributed by atoms with van der Waals surface area (Å²) in [6.45, 7) is 0. The van der Waals surface area contributed by atoms with Crippen LogP contribution in [0.25, 0.3) is 0 Å². The monoisotopic (exact) mass is 269 g/mol. The van der Waals surface area contributed by atoms with Crippen LogP contribution in [0.2, 0.25) is 5.02 Å². The Kier molecular flexibility index (Phi) is 2.05. The van der Waals surface area contributed by atoms with Gasteiger partial charge in [-0.1, -0.05) is 0 Å². The summed E-state index contributed by atoms with van der Waals surface area (Å²) in [5, 5.41) is 0.630. The van der Waals surface area contributed by atoms with E-state index in [1.54, 1.807) is 12.3 Å². The molecule has 0 aromatic heterocycles. The zero-order valence-electron chi connectivity index (χ0n) is 6.37. The van der Waals surface area contributed by atoms with Gasteiger partial charge in [0.2, 0.25) is 0 Å². The van der Waals surface area contributed by atoms with Crippen LogP contribution < -0.4 is 8.20 Å². The number of fused-ring (bicyclic) bond motifs is 1. The third-order valence-corrected chi connectivity index (χ3v) is 8.21. The van der Waals surface area contributed by atoms with E-state index < -0.39 is 10.1 Å². The predicted octanol–water partition coefficient (Wildman–Crippen LogP) is 0.108. The maximum absolute atomic E-state index is 11.9. The molecule has 0 bridgehead atoms. The quantitative estimate of drug-likeness (QED) is 0.508. The number of nitrogens with one attached hydrogen (secondary N) is 1. The van der Waals surface area contributed by atoms with Crippen LogP contribution in [0.4, 0.5) is 0 Å². The second-order valence-corrected chi connectivity index (χ2v) is 8.09. The van der Waals surface area contributed by atoms with Gasteiger partial charge in [0, 0.05) is 0 Å². The van der Waals surface area contributed by atoms with Crippen LogP contribution in [-0.2, 0) is 10.1 Å². The fourth-order valence-electron chi connectivity index (χ4n) is 1.17. The van der Waals surface area contributed by atoms with Crippen molar-refractivity contribution >= 4 is 41.4 Å². The van der Waals surface area contributed by atoms with Crippen LogP contribution in [-0.4, -0.2) is 25.6 Å². The van der Waals surface area contributed by atoms with Crippen LogP contribution in [0.5, 0.6) is 0 Å². The van der Waals surface area contributed by atoms with Gasteiger partial charge >= 0.3 is 83.7 Å². The number of hydrogen-bond donors (Lipinski definition) is 2. The third kappa shape index (κ3) is 1.24. The Balaban J connectivity index is 2.72. The van der Waals surface area contributed by atoms with Crippen molar-refractivity contribution in [2.24, 2.45) is 0 Å². The standard InChI is InChI=1S/C7H8ClNOSSe/c1-11(10)7-5(8)3-2-4-6(7)12-9-11/h2-4,11H,1H3,(H,9,10). The molecule has 12 heavy (non-hydrogen) atoms. The fraction of sp³-hybridized carbons (Fsp3) is 0.143. The van der Waals surface area contributed by atoms with Gasteiger partial charge in [-0.15, -0.1) is 0 Å². The van der Waals surface area contributed by atoms with E-state index in [4.69, 9.17) is 11.6 Å². The molecule has 2 nitrogen and oxygen atoms in total. The first kappa shape index (κ1) is 8.73. The van der Waals surface area contributed by atoms with Crippen LogP contribution in [0.3, 0.4) is 0 Å². The SMILES string of the molecule is C[SH]1(=O)N[Se]c2cccc(Cl)c21. The van der Waals surface area contributed by atoms with Gasteiger partial charge in [0.1, 0.15) is 0 Å². The first-order valence-corrected chi connectivity index (χ1v) is 7.66. The van der Waals surface area contributed by atoms with Gasteiger partial charge in [0.15, 0.2) is 0 Å². The van der Waals surface area contributed by atoms with Crippen LogP contribution >= 0.6 is 11.6 Å². The molecular formula is C7H8ClNOSSe. The zero-order chi connectivity index (χ0) is 8.77.